The summed E-state index contributed by atoms with van der Waals surface area (Å²) >= 11 is 3.13. The molecule has 3 N–H and O–H groups in total. The van der Waals surface area contributed by atoms with E-state index in [9.17, 15) is 14.9 Å². The van der Waals surface area contributed by atoms with E-state index in [1.807, 2.05) is 0 Å². The lowest BCUT2D eigenvalue weighted by Gasteiger charge is -2.04. The molecule has 1 heterocycles. The van der Waals surface area contributed by atoms with Crippen molar-refractivity contribution < 1.29 is 9.72 Å². The van der Waals surface area contributed by atoms with Crippen molar-refractivity contribution in [3.8, 4) is 0 Å². The molecule has 1 aromatic heterocycles. The normalized spacial score (nSPS) is 10.3. The first-order chi connectivity index (χ1) is 9.95. The van der Waals surface area contributed by atoms with E-state index >= 15 is 0 Å². The summed E-state index contributed by atoms with van der Waals surface area (Å²) in [4.78, 5) is 21.2. The van der Waals surface area contributed by atoms with Gasteiger partial charge in [-0.25, -0.2) is 0 Å². The van der Waals surface area contributed by atoms with Crippen LogP contribution in [0.4, 0.5) is 11.4 Å². The van der Waals surface area contributed by atoms with E-state index < -0.39 is 10.8 Å². The van der Waals surface area contributed by atoms with Gasteiger partial charge in [0.15, 0.2) is 0 Å². The quantitative estimate of drug-likeness (QED) is 0.604. The number of primary amides is 1. The van der Waals surface area contributed by atoms with Gasteiger partial charge in [-0.1, -0.05) is 6.07 Å². The predicted molar refractivity (Wildman–Crippen MR) is 79.5 cm³/mol. The van der Waals surface area contributed by atoms with Gasteiger partial charge in [-0.3, -0.25) is 19.6 Å². The smallest absolute Gasteiger partial charge is 0.283 e. The molecule has 0 atom stereocenters. The van der Waals surface area contributed by atoms with E-state index in [-0.39, 0.29) is 12.2 Å². The Kier molecular flexibility index (Phi) is 4.53. The molecule has 1 amide bonds. The molecule has 0 aliphatic rings. The Bertz CT molecular complexity index is 685. The molecule has 0 fully saturated rings. The van der Waals surface area contributed by atoms with Crippen LogP contribution in [0.1, 0.15) is 5.56 Å². The van der Waals surface area contributed by atoms with E-state index in [1.165, 1.54) is 10.7 Å². The second-order valence-corrected chi connectivity index (χ2v) is 5.14. The van der Waals surface area contributed by atoms with Crippen LogP contribution in [0, 0.1) is 10.1 Å². The lowest BCUT2D eigenvalue weighted by molar-refractivity contribution is -0.385. The van der Waals surface area contributed by atoms with Gasteiger partial charge in [-0.05, 0) is 27.6 Å². The molecule has 0 saturated heterocycles. The number of nitro groups is 1. The second kappa shape index (κ2) is 6.35. The average Bonchev–Trinajstić information content (AvgIpc) is 2.84. The highest BCUT2D eigenvalue weighted by Gasteiger charge is 2.12. The Balaban J connectivity index is 2.03. The third kappa shape index (κ3) is 4.02. The Hall–Kier alpha value is -2.42. The van der Waals surface area contributed by atoms with Crippen LogP contribution < -0.4 is 11.1 Å². The van der Waals surface area contributed by atoms with Crippen molar-refractivity contribution in [1.82, 2.24) is 9.78 Å². The maximum absolute atomic E-state index is 10.9. The average molecular weight is 354 g/mol. The molecule has 1 aromatic carbocycles. The molecule has 0 radical (unpaired) electrons. The van der Waals surface area contributed by atoms with Gasteiger partial charge in [-0.15, -0.1) is 0 Å². The summed E-state index contributed by atoms with van der Waals surface area (Å²) in [5, 5.41) is 17.9. The molecular weight excluding hydrogens is 342 g/mol. The van der Waals surface area contributed by atoms with Crippen molar-refractivity contribution in [1.29, 1.82) is 0 Å². The van der Waals surface area contributed by atoms with E-state index in [0.29, 0.717) is 16.7 Å². The van der Waals surface area contributed by atoms with Crippen molar-refractivity contribution in [3.05, 3.63) is 50.7 Å². The first kappa shape index (κ1) is 15.0. The number of benzene rings is 1. The van der Waals surface area contributed by atoms with Gasteiger partial charge in [-0.2, -0.15) is 5.10 Å². The second-order valence-electron chi connectivity index (χ2n) is 4.29. The minimum atomic E-state index is -0.479. The number of nitro benzene ring substituents is 1. The summed E-state index contributed by atoms with van der Waals surface area (Å²) in [5.74, 6) is -0.479. The van der Waals surface area contributed by atoms with Crippen molar-refractivity contribution in [2.75, 3.05) is 5.32 Å². The van der Waals surface area contributed by atoms with Crippen LogP contribution >= 0.6 is 15.9 Å². The number of anilines is 1. The minimum absolute atomic E-state index is 0.00539. The van der Waals surface area contributed by atoms with Crippen LogP contribution in [0.2, 0.25) is 0 Å². The number of hydrogen-bond acceptors (Lipinski definition) is 5. The molecule has 0 aliphatic carbocycles. The summed E-state index contributed by atoms with van der Waals surface area (Å²) in [5.41, 5.74) is 6.54. The number of aromatic nitrogens is 2. The number of nitrogens with one attached hydrogen (secondary N) is 1. The number of nitrogens with zero attached hydrogens (tertiary/aromatic N) is 3. The Morgan fingerprint density at radius 1 is 1.52 bits per heavy atom. The maximum Gasteiger partial charge on any atom is 0.283 e. The van der Waals surface area contributed by atoms with Gasteiger partial charge in [0.25, 0.3) is 5.69 Å². The van der Waals surface area contributed by atoms with Crippen molar-refractivity contribution >= 4 is 33.2 Å². The fourth-order valence-electron chi connectivity index (χ4n) is 1.71. The van der Waals surface area contributed by atoms with Crippen LogP contribution in [0.5, 0.6) is 0 Å². The number of hydrogen-bond donors (Lipinski definition) is 2. The number of halogens is 1. The van der Waals surface area contributed by atoms with Crippen LogP contribution in [-0.2, 0) is 17.9 Å². The monoisotopic (exact) mass is 353 g/mol. The van der Waals surface area contributed by atoms with E-state index in [4.69, 9.17) is 5.73 Å². The zero-order valence-electron chi connectivity index (χ0n) is 10.8. The molecule has 0 aliphatic heterocycles. The highest BCUT2D eigenvalue weighted by molar-refractivity contribution is 9.10. The molecule has 8 nitrogen and oxygen atoms in total. The summed E-state index contributed by atoms with van der Waals surface area (Å²) < 4.78 is 1.85. The number of amides is 1. The third-order valence-electron chi connectivity index (χ3n) is 2.65. The maximum atomic E-state index is 10.9. The number of carbonyl (C=O) groups is 1. The first-order valence-electron chi connectivity index (χ1n) is 5.93. The van der Waals surface area contributed by atoms with Gasteiger partial charge in [0.1, 0.15) is 6.54 Å². The predicted octanol–water partition coefficient (Wildman–Crippen LogP) is 1.65. The van der Waals surface area contributed by atoms with Gasteiger partial charge in [0.05, 0.1) is 21.3 Å². The lowest BCUT2D eigenvalue weighted by atomic mass is 10.2. The van der Waals surface area contributed by atoms with Crippen LogP contribution in [-0.4, -0.2) is 20.6 Å². The van der Waals surface area contributed by atoms with Crippen LogP contribution in [0.15, 0.2) is 35.1 Å². The van der Waals surface area contributed by atoms with Crippen molar-refractivity contribution in [3.63, 3.8) is 0 Å². The van der Waals surface area contributed by atoms with E-state index in [0.717, 1.165) is 5.56 Å². The van der Waals surface area contributed by atoms with Crippen molar-refractivity contribution in [2.45, 2.75) is 13.1 Å². The fraction of sp³-hybridized carbons (Fsp3) is 0.167. The summed E-state index contributed by atoms with van der Waals surface area (Å²) in [7, 11) is 0. The van der Waals surface area contributed by atoms with Crippen LogP contribution in [0.25, 0.3) is 0 Å². The van der Waals surface area contributed by atoms with Gasteiger partial charge in [0.2, 0.25) is 5.91 Å². The Morgan fingerprint density at radius 3 is 2.95 bits per heavy atom. The molecule has 0 spiro atoms. The summed E-state index contributed by atoms with van der Waals surface area (Å²) in [6.45, 7) is 0.405. The van der Waals surface area contributed by atoms with Gasteiger partial charge < -0.3 is 11.1 Å². The first-order valence-corrected chi connectivity index (χ1v) is 6.72. The molecule has 0 unspecified atom stereocenters. The highest BCUT2D eigenvalue weighted by Crippen LogP contribution is 2.25. The molecule has 110 valence electrons. The van der Waals surface area contributed by atoms with Gasteiger partial charge >= 0.3 is 0 Å². The van der Waals surface area contributed by atoms with Gasteiger partial charge in [0, 0.05) is 18.8 Å². The Morgan fingerprint density at radius 2 is 2.29 bits per heavy atom. The summed E-state index contributed by atoms with van der Waals surface area (Å²) in [6.07, 6.45) is 3.19. The molecular formula is C12H12BrN5O3. The fourth-order valence-corrected chi connectivity index (χ4v) is 2.10. The zero-order valence-corrected chi connectivity index (χ0v) is 12.4. The lowest BCUT2D eigenvalue weighted by Crippen LogP contribution is -2.18. The third-order valence-corrected chi connectivity index (χ3v) is 3.33. The SMILES string of the molecule is NC(=O)Cn1cc(NCc2ccc(Br)c([N+](=O)[O-])c2)cn1. The number of carbonyl (C=O) groups excluding carboxylic acids is 1. The van der Waals surface area contributed by atoms with E-state index in [1.54, 1.807) is 24.5 Å². The minimum Gasteiger partial charge on any atom is -0.378 e. The molecule has 21 heavy (non-hydrogen) atoms. The molecule has 0 bridgehead atoms. The Labute approximate surface area is 128 Å². The molecule has 2 aromatic rings. The zero-order chi connectivity index (χ0) is 15.4. The summed E-state index contributed by atoms with van der Waals surface area (Å²) in [6, 6.07) is 4.90. The topological polar surface area (TPSA) is 116 Å². The number of rotatable bonds is 6. The molecule has 9 heteroatoms. The largest absolute Gasteiger partial charge is 0.378 e. The number of nitrogens with two attached hydrogens (primary N) is 1. The molecule has 0 saturated carbocycles. The van der Waals surface area contributed by atoms with Crippen molar-refractivity contribution in [2.24, 2.45) is 5.73 Å². The van der Waals surface area contributed by atoms with Crippen LogP contribution in [0.3, 0.4) is 0 Å². The van der Waals surface area contributed by atoms with E-state index in [2.05, 4.69) is 26.3 Å². The standard InChI is InChI=1S/C12H12BrN5O3/c13-10-2-1-8(3-11(10)18(20)21)4-15-9-5-16-17(6-9)7-12(14)19/h1-3,5-6,15H,4,7H2,(H2,14,19). The molecule has 2 rings (SSSR count). The highest BCUT2D eigenvalue weighted by atomic mass is 79.9.